The predicted octanol–water partition coefficient (Wildman–Crippen LogP) is 4.78. The molecule has 0 bridgehead atoms. The molecule has 1 amide bonds. The second kappa shape index (κ2) is 8.19. The Morgan fingerprint density at radius 2 is 1.30 bits per heavy atom. The quantitative estimate of drug-likeness (QED) is 0.643. The van der Waals surface area contributed by atoms with Crippen molar-refractivity contribution in [3.8, 4) is 0 Å². The minimum Gasteiger partial charge on any atom is -0.465 e. The number of benzene rings is 3. The molecule has 5 heteroatoms. The van der Waals surface area contributed by atoms with Crippen molar-refractivity contribution in [2.24, 2.45) is 0 Å². The first-order valence-corrected chi connectivity index (χ1v) is 8.50. The maximum absolute atomic E-state index is 12.9. The normalized spacial score (nSPS) is 10.1. The molecule has 3 aromatic rings. The van der Waals surface area contributed by atoms with Crippen LogP contribution in [0.1, 0.15) is 26.3 Å². The van der Waals surface area contributed by atoms with Crippen molar-refractivity contribution in [1.29, 1.82) is 0 Å². The molecule has 3 aromatic carbocycles. The van der Waals surface area contributed by atoms with Crippen molar-refractivity contribution in [2.45, 2.75) is 6.92 Å². The van der Waals surface area contributed by atoms with Crippen LogP contribution in [0.5, 0.6) is 0 Å². The summed E-state index contributed by atoms with van der Waals surface area (Å²) in [5.41, 5.74) is 3.86. The zero-order chi connectivity index (χ0) is 19.2. The Balaban J connectivity index is 1.89. The summed E-state index contributed by atoms with van der Waals surface area (Å²) < 4.78 is 4.78. The third-order valence-electron chi connectivity index (χ3n) is 4.17. The monoisotopic (exact) mass is 360 g/mol. The van der Waals surface area contributed by atoms with E-state index in [2.05, 4.69) is 10.6 Å². The SMILES string of the molecule is COC(=O)c1ccccc1NC(=O)c1ccccc1Nc1ccccc1C. The summed E-state index contributed by atoms with van der Waals surface area (Å²) in [6, 6.07) is 21.8. The van der Waals surface area contributed by atoms with Crippen molar-refractivity contribution >= 4 is 28.9 Å². The number of rotatable bonds is 5. The van der Waals surface area contributed by atoms with Crippen LogP contribution in [0.4, 0.5) is 17.1 Å². The molecule has 0 aliphatic heterocycles. The molecule has 0 radical (unpaired) electrons. The molecule has 3 rings (SSSR count). The first kappa shape index (κ1) is 18.2. The van der Waals surface area contributed by atoms with Crippen LogP contribution in [-0.4, -0.2) is 19.0 Å². The minimum atomic E-state index is -0.503. The summed E-state index contributed by atoms with van der Waals surface area (Å²) in [7, 11) is 1.31. The third kappa shape index (κ3) is 4.15. The zero-order valence-electron chi connectivity index (χ0n) is 15.2. The summed E-state index contributed by atoms with van der Waals surface area (Å²) in [4.78, 5) is 24.8. The highest BCUT2D eigenvalue weighted by atomic mass is 16.5. The Hall–Kier alpha value is -3.60. The summed E-state index contributed by atoms with van der Waals surface area (Å²) in [6.07, 6.45) is 0. The highest BCUT2D eigenvalue weighted by molar-refractivity contribution is 6.11. The van der Waals surface area contributed by atoms with Crippen molar-refractivity contribution in [2.75, 3.05) is 17.7 Å². The first-order chi connectivity index (χ1) is 13.1. The standard InChI is InChI=1S/C22H20N2O3/c1-15-9-3-6-12-18(15)23-19-13-7-4-10-16(19)21(25)24-20-14-8-5-11-17(20)22(26)27-2/h3-14,23H,1-2H3,(H,24,25). The average molecular weight is 360 g/mol. The molecule has 0 atom stereocenters. The molecule has 0 aliphatic carbocycles. The van der Waals surface area contributed by atoms with Gasteiger partial charge in [0, 0.05) is 5.69 Å². The van der Waals surface area contributed by atoms with Gasteiger partial charge < -0.3 is 15.4 Å². The molecule has 2 N–H and O–H groups in total. The minimum absolute atomic E-state index is 0.303. The Labute approximate surface area is 158 Å². The molecule has 0 aromatic heterocycles. The number of esters is 1. The number of aryl methyl sites for hydroxylation is 1. The summed E-state index contributed by atoms with van der Waals surface area (Å²) >= 11 is 0. The summed E-state index contributed by atoms with van der Waals surface area (Å²) in [5, 5.41) is 6.11. The van der Waals surface area contributed by atoms with Gasteiger partial charge in [0.25, 0.3) is 5.91 Å². The Morgan fingerprint density at radius 3 is 1.96 bits per heavy atom. The van der Waals surface area contributed by atoms with Gasteiger partial charge in [-0.05, 0) is 42.8 Å². The highest BCUT2D eigenvalue weighted by Gasteiger charge is 2.16. The van der Waals surface area contributed by atoms with Crippen LogP contribution in [0.15, 0.2) is 72.8 Å². The lowest BCUT2D eigenvalue weighted by Gasteiger charge is -2.15. The van der Waals surface area contributed by atoms with Gasteiger partial charge in [-0.25, -0.2) is 4.79 Å². The van der Waals surface area contributed by atoms with Gasteiger partial charge in [0.05, 0.1) is 29.6 Å². The summed E-state index contributed by atoms with van der Waals surface area (Å²) in [6.45, 7) is 2.00. The molecule has 0 unspecified atom stereocenters. The maximum atomic E-state index is 12.9. The van der Waals surface area contributed by atoms with E-state index in [9.17, 15) is 9.59 Å². The molecule has 0 spiro atoms. The van der Waals surface area contributed by atoms with Gasteiger partial charge in [0.1, 0.15) is 0 Å². The van der Waals surface area contributed by atoms with Gasteiger partial charge in [-0.3, -0.25) is 4.79 Å². The van der Waals surface area contributed by atoms with Crippen LogP contribution >= 0.6 is 0 Å². The number of hydrogen-bond acceptors (Lipinski definition) is 4. The van der Waals surface area contributed by atoms with E-state index in [1.165, 1.54) is 7.11 Å². The van der Waals surface area contributed by atoms with E-state index < -0.39 is 5.97 Å². The molecular weight excluding hydrogens is 340 g/mol. The molecule has 5 nitrogen and oxygen atoms in total. The van der Waals surface area contributed by atoms with Gasteiger partial charge in [-0.2, -0.15) is 0 Å². The smallest absolute Gasteiger partial charge is 0.339 e. The maximum Gasteiger partial charge on any atom is 0.339 e. The van der Waals surface area contributed by atoms with Crippen LogP contribution in [0.25, 0.3) is 0 Å². The van der Waals surface area contributed by atoms with E-state index in [-0.39, 0.29) is 5.91 Å². The van der Waals surface area contributed by atoms with E-state index >= 15 is 0 Å². The number of ether oxygens (including phenoxy) is 1. The van der Waals surface area contributed by atoms with Crippen LogP contribution in [0.3, 0.4) is 0 Å². The lowest BCUT2D eigenvalue weighted by molar-refractivity contribution is 0.0602. The zero-order valence-corrected chi connectivity index (χ0v) is 15.2. The van der Waals surface area contributed by atoms with Crippen molar-refractivity contribution in [3.05, 3.63) is 89.5 Å². The van der Waals surface area contributed by atoms with Crippen LogP contribution in [-0.2, 0) is 4.74 Å². The van der Waals surface area contributed by atoms with Gasteiger partial charge in [0.15, 0.2) is 0 Å². The van der Waals surface area contributed by atoms with Crippen molar-refractivity contribution < 1.29 is 14.3 Å². The highest BCUT2D eigenvalue weighted by Crippen LogP contribution is 2.25. The van der Waals surface area contributed by atoms with Crippen molar-refractivity contribution in [1.82, 2.24) is 0 Å². The fourth-order valence-electron chi connectivity index (χ4n) is 2.72. The second-order valence-corrected chi connectivity index (χ2v) is 5.98. The molecule has 0 aliphatic rings. The number of hydrogen-bond donors (Lipinski definition) is 2. The molecule has 0 saturated carbocycles. The van der Waals surface area contributed by atoms with Gasteiger partial charge >= 0.3 is 5.97 Å². The van der Waals surface area contributed by atoms with Gasteiger partial charge in [-0.15, -0.1) is 0 Å². The van der Waals surface area contributed by atoms with E-state index in [1.807, 2.05) is 43.3 Å². The number of methoxy groups -OCH3 is 1. The molecule has 27 heavy (non-hydrogen) atoms. The lowest BCUT2D eigenvalue weighted by Crippen LogP contribution is -2.16. The molecule has 0 fully saturated rings. The predicted molar refractivity (Wildman–Crippen MR) is 107 cm³/mol. The Kier molecular flexibility index (Phi) is 5.52. The summed E-state index contributed by atoms with van der Waals surface area (Å²) in [5.74, 6) is -0.819. The Bertz CT molecular complexity index is 983. The average Bonchev–Trinajstić information content (AvgIpc) is 2.70. The molecule has 0 saturated heterocycles. The first-order valence-electron chi connectivity index (χ1n) is 8.50. The molecule has 0 heterocycles. The number of para-hydroxylation sites is 3. The number of nitrogens with one attached hydrogen (secondary N) is 2. The number of carbonyl (C=O) groups excluding carboxylic acids is 2. The van der Waals surface area contributed by atoms with Crippen molar-refractivity contribution in [3.63, 3.8) is 0 Å². The van der Waals surface area contributed by atoms with E-state index in [4.69, 9.17) is 4.74 Å². The molecule has 136 valence electrons. The second-order valence-electron chi connectivity index (χ2n) is 5.98. The lowest BCUT2D eigenvalue weighted by atomic mass is 10.1. The van der Waals surface area contributed by atoms with Crippen LogP contribution in [0.2, 0.25) is 0 Å². The fourth-order valence-corrected chi connectivity index (χ4v) is 2.72. The molecular formula is C22H20N2O3. The number of anilines is 3. The fraction of sp³-hybridized carbons (Fsp3) is 0.0909. The largest absolute Gasteiger partial charge is 0.465 e. The van der Waals surface area contributed by atoms with Crippen LogP contribution < -0.4 is 10.6 Å². The van der Waals surface area contributed by atoms with Crippen LogP contribution in [0, 0.1) is 6.92 Å². The van der Waals surface area contributed by atoms with Gasteiger partial charge in [-0.1, -0.05) is 42.5 Å². The van der Waals surface area contributed by atoms with E-state index in [0.29, 0.717) is 22.5 Å². The van der Waals surface area contributed by atoms with Gasteiger partial charge in [0.2, 0.25) is 0 Å². The Morgan fingerprint density at radius 1 is 0.741 bits per heavy atom. The third-order valence-corrected chi connectivity index (χ3v) is 4.17. The number of carbonyl (C=O) groups is 2. The van der Waals surface area contributed by atoms with E-state index in [1.54, 1.807) is 36.4 Å². The topological polar surface area (TPSA) is 67.4 Å². The van der Waals surface area contributed by atoms with E-state index in [0.717, 1.165) is 11.3 Å². The number of amides is 1.